The van der Waals surface area contributed by atoms with Crippen molar-refractivity contribution in [1.82, 2.24) is 16.0 Å². The molecule has 0 aromatic carbocycles. The van der Waals surface area contributed by atoms with Crippen molar-refractivity contribution in [2.45, 2.75) is 23.6 Å². The third-order valence-electron chi connectivity index (χ3n) is 3.15. The Bertz CT molecular complexity index is 294. The van der Waals surface area contributed by atoms with Crippen molar-refractivity contribution in [1.29, 1.82) is 0 Å². The molecule has 6 heteroatoms. The van der Waals surface area contributed by atoms with Crippen molar-refractivity contribution in [3.63, 3.8) is 0 Å². The molecule has 1 saturated heterocycles. The topological polar surface area (TPSA) is 70.2 Å². The number of carbonyl (C=O) groups excluding carboxylic acids is 2. The fraction of sp³-hybridized carbons (Fsp3) is 0.800. The van der Waals surface area contributed by atoms with Crippen LogP contribution in [0.5, 0.6) is 0 Å². The Labute approximate surface area is 99.1 Å². The zero-order valence-electron chi connectivity index (χ0n) is 9.34. The first kappa shape index (κ1) is 11.7. The molecule has 0 aromatic rings. The Hall–Kier alpha value is -0.750. The van der Waals surface area contributed by atoms with Crippen LogP contribution in [-0.2, 0) is 9.59 Å². The molecule has 1 heterocycles. The standard InChI is InChI=1S/C10H17N3O2S/c1-16-10(2-3-10)6-13-9(15)7-4-12-8(14)5-11-7/h7,11H,2-6H2,1H3,(H,12,14)(H,13,15). The number of amides is 2. The minimum Gasteiger partial charge on any atom is -0.353 e. The highest BCUT2D eigenvalue weighted by atomic mass is 32.2. The molecular weight excluding hydrogens is 226 g/mol. The molecule has 1 atom stereocenters. The smallest absolute Gasteiger partial charge is 0.239 e. The van der Waals surface area contributed by atoms with Crippen LogP contribution >= 0.6 is 11.8 Å². The van der Waals surface area contributed by atoms with E-state index in [9.17, 15) is 9.59 Å². The lowest BCUT2D eigenvalue weighted by atomic mass is 10.2. The number of piperazine rings is 1. The summed E-state index contributed by atoms with van der Waals surface area (Å²) in [5, 5.41) is 8.53. The van der Waals surface area contributed by atoms with Gasteiger partial charge in [0, 0.05) is 17.8 Å². The predicted octanol–water partition coefficient (Wildman–Crippen LogP) is -0.914. The third kappa shape index (κ3) is 2.68. The van der Waals surface area contributed by atoms with E-state index in [4.69, 9.17) is 0 Å². The van der Waals surface area contributed by atoms with Crippen LogP contribution in [0.25, 0.3) is 0 Å². The summed E-state index contributed by atoms with van der Waals surface area (Å²) < 4.78 is 0.285. The number of thioether (sulfide) groups is 1. The average Bonchev–Trinajstić information content (AvgIpc) is 3.08. The molecular formula is C10H17N3O2S. The van der Waals surface area contributed by atoms with Crippen molar-refractivity contribution in [3.05, 3.63) is 0 Å². The van der Waals surface area contributed by atoms with Crippen molar-refractivity contribution in [3.8, 4) is 0 Å². The van der Waals surface area contributed by atoms with Crippen molar-refractivity contribution in [2.24, 2.45) is 0 Å². The van der Waals surface area contributed by atoms with E-state index in [2.05, 4.69) is 22.2 Å². The van der Waals surface area contributed by atoms with Crippen LogP contribution in [0.4, 0.5) is 0 Å². The van der Waals surface area contributed by atoms with Gasteiger partial charge in [0.2, 0.25) is 11.8 Å². The second-order valence-electron chi connectivity index (χ2n) is 4.34. The highest BCUT2D eigenvalue weighted by Gasteiger charge is 2.42. The van der Waals surface area contributed by atoms with Crippen LogP contribution < -0.4 is 16.0 Å². The average molecular weight is 243 g/mol. The van der Waals surface area contributed by atoms with E-state index in [1.54, 1.807) is 0 Å². The van der Waals surface area contributed by atoms with Gasteiger partial charge in [-0.3, -0.25) is 14.9 Å². The number of hydrogen-bond donors (Lipinski definition) is 3. The zero-order chi connectivity index (χ0) is 11.6. The molecule has 3 N–H and O–H groups in total. The first-order valence-electron chi connectivity index (χ1n) is 5.48. The van der Waals surface area contributed by atoms with Gasteiger partial charge in [0.15, 0.2) is 0 Å². The molecule has 1 unspecified atom stereocenters. The number of rotatable bonds is 4. The molecule has 1 aliphatic heterocycles. The van der Waals surface area contributed by atoms with Crippen molar-refractivity contribution < 1.29 is 9.59 Å². The number of hydrogen-bond acceptors (Lipinski definition) is 4. The minimum atomic E-state index is -0.282. The van der Waals surface area contributed by atoms with E-state index in [-0.39, 0.29) is 29.1 Å². The molecule has 0 spiro atoms. The van der Waals surface area contributed by atoms with Gasteiger partial charge < -0.3 is 10.6 Å². The van der Waals surface area contributed by atoms with Gasteiger partial charge in [-0.15, -0.1) is 0 Å². The van der Waals surface area contributed by atoms with Gasteiger partial charge in [-0.1, -0.05) is 0 Å². The highest BCUT2D eigenvalue weighted by molar-refractivity contribution is 8.00. The second kappa shape index (κ2) is 4.63. The maximum Gasteiger partial charge on any atom is 0.239 e. The van der Waals surface area contributed by atoms with Crippen LogP contribution in [-0.4, -0.2) is 48.5 Å². The SMILES string of the molecule is CSC1(CNC(=O)C2CNC(=O)CN2)CC1. The molecule has 2 aliphatic rings. The molecule has 5 nitrogen and oxygen atoms in total. The van der Waals surface area contributed by atoms with Gasteiger partial charge >= 0.3 is 0 Å². The summed E-state index contributed by atoms with van der Waals surface area (Å²) in [6, 6.07) is -0.282. The normalized spacial score (nSPS) is 27.1. The monoisotopic (exact) mass is 243 g/mol. The van der Waals surface area contributed by atoms with E-state index in [1.165, 1.54) is 12.8 Å². The molecule has 2 rings (SSSR count). The minimum absolute atomic E-state index is 0.0136. The summed E-state index contributed by atoms with van der Waals surface area (Å²) >= 11 is 1.82. The number of carbonyl (C=O) groups is 2. The zero-order valence-corrected chi connectivity index (χ0v) is 10.2. The summed E-state index contributed by atoms with van der Waals surface area (Å²) in [4.78, 5) is 22.7. The molecule has 16 heavy (non-hydrogen) atoms. The Balaban J connectivity index is 1.73. The maximum atomic E-state index is 11.8. The van der Waals surface area contributed by atoms with Gasteiger partial charge in [-0.05, 0) is 19.1 Å². The Kier molecular flexibility index (Phi) is 3.39. The van der Waals surface area contributed by atoms with Gasteiger partial charge in [0.05, 0.1) is 6.54 Å². The first-order chi connectivity index (χ1) is 7.65. The fourth-order valence-corrected chi connectivity index (χ4v) is 2.44. The van der Waals surface area contributed by atoms with Gasteiger partial charge in [0.1, 0.15) is 6.04 Å². The number of nitrogens with one attached hydrogen (secondary N) is 3. The molecule has 2 fully saturated rings. The van der Waals surface area contributed by atoms with E-state index in [0.717, 1.165) is 6.54 Å². The molecule has 2 amide bonds. The predicted molar refractivity (Wildman–Crippen MR) is 63.3 cm³/mol. The summed E-state index contributed by atoms with van der Waals surface area (Å²) in [6.45, 7) is 1.35. The summed E-state index contributed by atoms with van der Waals surface area (Å²) in [5.74, 6) is -0.0628. The van der Waals surface area contributed by atoms with E-state index >= 15 is 0 Å². The lowest BCUT2D eigenvalue weighted by Gasteiger charge is -2.24. The quantitative estimate of drug-likeness (QED) is 0.598. The lowest BCUT2D eigenvalue weighted by molar-refractivity contribution is -0.126. The molecule has 0 aromatic heterocycles. The molecule has 1 saturated carbocycles. The largest absolute Gasteiger partial charge is 0.353 e. The van der Waals surface area contributed by atoms with Crippen LogP contribution in [0.2, 0.25) is 0 Å². The first-order valence-corrected chi connectivity index (χ1v) is 6.71. The summed E-state index contributed by atoms with van der Waals surface area (Å²) in [5.41, 5.74) is 0. The lowest BCUT2D eigenvalue weighted by Crippen LogP contribution is -2.58. The second-order valence-corrected chi connectivity index (χ2v) is 5.62. The van der Waals surface area contributed by atoms with Crippen LogP contribution in [0.1, 0.15) is 12.8 Å². The van der Waals surface area contributed by atoms with Crippen LogP contribution in [0, 0.1) is 0 Å². The summed E-state index contributed by atoms with van der Waals surface area (Å²) in [6.07, 6.45) is 4.45. The highest BCUT2D eigenvalue weighted by Crippen LogP contribution is 2.46. The van der Waals surface area contributed by atoms with E-state index < -0.39 is 0 Å². The van der Waals surface area contributed by atoms with Crippen molar-refractivity contribution >= 4 is 23.6 Å². The van der Waals surface area contributed by atoms with Gasteiger partial charge in [-0.2, -0.15) is 11.8 Å². The maximum absolute atomic E-state index is 11.8. The molecule has 0 radical (unpaired) electrons. The third-order valence-corrected chi connectivity index (χ3v) is 4.57. The summed E-state index contributed by atoms with van der Waals surface area (Å²) in [7, 11) is 0. The van der Waals surface area contributed by atoms with Gasteiger partial charge in [0.25, 0.3) is 0 Å². The Morgan fingerprint density at radius 1 is 1.62 bits per heavy atom. The van der Waals surface area contributed by atoms with E-state index in [0.29, 0.717) is 6.54 Å². The van der Waals surface area contributed by atoms with Crippen molar-refractivity contribution in [2.75, 3.05) is 25.9 Å². The Morgan fingerprint density at radius 3 is 2.88 bits per heavy atom. The fourth-order valence-electron chi connectivity index (χ4n) is 1.72. The van der Waals surface area contributed by atoms with Crippen LogP contribution in [0.3, 0.4) is 0 Å². The molecule has 1 aliphatic carbocycles. The van der Waals surface area contributed by atoms with Gasteiger partial charge in [-0.25, -0.2) is 0 Å². The van der Waals surface area contributed by atoms with Crippen LogP contribution in [0.15, 0.2) is 0 Å². The molecule has 90 valence electrons. The molecule has 0 bridgehead atoms. The van der Waals surface area contributed by atoms with E-state index in [1.807, 2.05) is 11.8 Å². The Morgan fingerprint density at radius 2 is 2.38 bits per heavy atom.